The zero-order valence-corrected chi connectivity index (χ0v) is 9.89. The summed E-state index contributed by atoms with van der Waals surface area (Å²) in [6.07, 6.45) is -0.164. The highest BCUT2D eigenvalue weighted by Gasteiger charge is 2.44. The van der Waals surface area contributed by atoms with Gasteiger partial charge in [-0.15, -0.1) is 0 Å². The molecule has 17 heavy (non-hydrogen) atoms. The topological polar surface area (TPSA) is 35.5 Å². The van der Waals surface area contributed by atoms with Gasteiger partial charge < -0.3 is 9.47 Å². The molecule has 0 N–H and O–H groups in total. The Morgan fingerprint density at radius 2 is 1.94 bits per heavy atom. The first-order valence-corrected chi connectivity index (χ1v) is 5.93. The van der Waals surface area contributed by atoms with Gasteiger partial charge in [-0.2, -0.15) is 0 Å². The quantitative estimate of drug-likeness (QED) is 0.543. The number of nitrogens with zero attached hydrogens (tertiary/aromatic N) is 1. The molecule has 1 unspecified atom stereocenters. The van der Waals surface area contributed by atoms with E-state index in [1.165, 1.54) is 0 Å². The molecule has 0 radical (unpaired) electrons. The molecule has 0 aliphatic carbocycles. The maximum atomic E-state index is 11.8. The van der Waals surface area contributed by atoms with E-state index in [1.54, 1.807) is 0 Å². The van der Waals surface area contributed by atoms with Crippen LogP contribution in [-0.4, -0.2) is 43.8 Å². The number of fused-ring (bicyclic) bond motifs is 1. The molecule has 1 atom stereocenters. The van der Waals surface area contributed by atoms with E-state index in [-0.39, 0.29) is 12.2 Å². The molecule has 0 saturated carbocycles. The van der Waals surface area contributed by atoms with Gasteiger partial charge >= 0.3 is 5.97 Å². The van der Waals surface area contributed by atoms with E-state index in [1.807, 2.05) is 24.3 Å². The minimum absolute atomic E-state index is 0.164. The normalized spacial score (nSPS) is 26.4. The second kappa shape index (κ2) is 3.82. The lowest BCUT2D eigenvalue weighted by atomic mass is 10.1. The van der Waals surface area contributed by atoms with Crippen molar-refractivity contribution in [3.63, 3.8) is 0 Å². The molecule has 0 spiro atoms. The third kappa shape index (κ3) is 1.64. The van der Waals surface area contributed by atoms with E-state index in [9.17, 15) is 4.79 Å². The van der Waals surface area contributed by atoms with Crippen LogP contribution in [0.2, 0.25) is 0 Å². The smallest absolute Gasteiger partial charge is 0.343 e. The average Bonchev–Trinajstić information content (AvgIpc) is 2.69. The van der Waals surface area contributed by atoms with Gasteiger partial charge in [0.25, 0.3) is 6.23 Å². The number of morpholine rings is 1. The summed E-state index contributed by atoms with van der Waals surface area (Å²) in [7, 11) is 2.13. The number of cyclic esters (lactones) is 1. The third-order valence-electron chi connectivity index (χ3n) is 3.72. The Morgan fingerprint density at radius 1 is 1.24 bits per heavy atom. The van der Waals surface area contributed by atoms with Gasteiger partial charge in [-0.05, 0) is 12.1 Å². The van der Waals surface area contributed by atoms with Crippen LogP contribution in [0.1, 0.15) is 22.1 Å². The maximum Gasteiger partial charge on any atom is 0.343 e. The predicted octanol–water partition coefficient (Wildman–Crippen LogP) is 1.33. The molecule has 3 rings (SSSR count). The lowest BCUT2D eigenvalue weighted by molar-refractivity contribution is -0.964. The summed E-state index contributed by atoms with van der Waals surface area (Å²) < 4.78 is 11.7. The SMILES string of the molecule is C[N+]1(C2OC(=O)c3ccccc32)CCOCC1. The minimum atomic E-state index is -0.198. The van der Waals surface area contributed by atoms with Gasteiger partial charge in [-0.3, -0.25) is 4.48 Å². The Kier molecular flexibility index (Phi) is 2.42. The van der Waals surface area contributed by atoms with Crippen LogP contribution >= 0.6 is 0 Å². The van der Waals surface area contributed by atoms with Crippen molar-refractivity contribution in [2.75, 3.05) is 33.4 Å². The highest BCUT2D eigenvalue weighted by molar-refractivity contribution is 5.93. The summed E-state index contributed by atoms with van der Waals surface area (Å²) in [6.45, 7) is 3.22. The molecule has 2 aliphatic rings. The van der Waals surface area contributed by atoms with Gasteiger partial charge in [0.1, 0.15) is 13.1 Å². The van der Waals surface area contributed by atoms with E-state index in [4.69, 9.17) is 9.47 Å². The Hall–Kier alpha value is -1.39. The van der Waals surface area contributed by atoms with Gasteiger partial charge in [0.05, 0.1) is 31.4 Å². The highest BCUT2D eigenvalue weighted by atomic mass is 16.6. The van der Waals surface area contributed by atoms with Crippen molar-refractivity contribution >= 4 is 5.97 Å². The first-order chi connectivity index (χ1) is 8.21. The van der Waals surface area contributed by atoms with Gasteiger partial charge in [0.2, 0.25) is 0 Å². The number of carbonyl (C=O) groups excluding carboxylic acids is 1. The molecule has 4 heteroatoms. The Balaban J connectivity index is 1.98. The van der Waals surface area contributed by atoms with Crippen molar-refractivity contribution in [2.24, 2.45) is 0 Å². The van der Waals surface area contributed by atoms with Crippen molar-refractivity contribution in [3.8, 4) is 0 Å². The zero-order valence-electron chi connectivity index (χ0n) is 9.89. The molecule has 0 bridgehead atoms. The maximum absolute atomic E-state index is 11.8. The number of likely N-dealkylation sites (N-methyl/N-ethyl adjacent to an activating group) is 1. The van der Waals surface area contributed by atoms with Crippen LogP contribution in [-0.2, 0) is 9.47 Å². The summed E-state index contributed by atoms with van der Waals surface area (Å²) in [5.74, 6) is -0.198. The minimum Gasteiger partial charge on any atom is -0.404 e. The fourth-order valence-corrected chi connectivity index (χ4v) is 2.58. The molecule has 1 aromatic carbocycles. The lowest BCUT2D eigenvalue weighted by Crippen LogP contribution is -2.54. The molecule has 90 valence electrons. The second-order valence-electron chi connectivity index (χ2n) is 4.88. The predicted molar refractivity (Wildman–Crippen MR) is 61.3 cm³/mol. The summed E-state index contributed by atoms with van der Waals surface area (Å²) in [6, 6.07) is 7.66. The lowest BCUT2D eigenvalue weighted by Gasteiger charge is -2.40. The van der Waals surface area contributed by atoms with Crippen LogP contribution in [0.4, 0.5) is 0 Å². The molecule has 0 aromatic heterocycles. The molecule has 2 aliphatic heterocycles. The van der Waals surface area contributed by atoms with Crippen molar-refractivity contribution < 1.29 is 18.8 Å². The summed E-state index contributed by atoms with van der Waals surface area (Å²) in [5, 5.41) is 0. The number of carbonyl (C=O) groups is 1. The van der Waals surface area contributed by atoms with Crippen molar-refractivity contribution in [1.29, 1.82) is 0 Å². The number of ether oxygens (including phenoxy) is 2. The molecule has 2 heterocycles. The molecule has 1 saturated heterocycles. The molecule has 0 amide bonds. The van der Waals surface area contributed by atoms with E-state index in [0.717, 1.165) is 36.3 Å². The van der Waals surface area contributed by atoms with Crippen molar-refractivity contribution in [2.45, 2.75) is 6.23 Å². The summed E-state index contributed by atoms with van der Waals surface area (Å²) in [4.78, 5) is 11.8. The molecule has 1 aromatic rings. The van der Waals surface area contributed by atoms with Crippen LogP contribution in [0.15, 0.2) is 24.3 Å². The molecule has 1 fully saturated rings. The van der Waals surface area contributed by atoms with Crippen molar-refractivity contribution in [3.05, 3.63) is 35.4 Å². The van der Waals surface area contributed by atoms with Crippen LogP contribution in [0.5, 0.6) is 0 Å². The van der Waals surface area contributed by atoms with E-state index < -0.39 is 0 Å². The molecular weight excluding hydrogens is 218 g/mol. The van der Waals surface area contributed by atoms with Crippen LogP contribution in [0.3, 0.4) is 0 Å². The Morgan fingerprint density at radius 3 is 2.71 bits per heavy atom. The third-order valence-corrected chi connectivity index (χ3v) is 3.72. The fourth-order valence-electron chi connectivity index (χ4n) is 2.58. The first kappa shape index (κ1) is 10.7. The van der Waals surface area contributed by atoms with Gasteiger partial charge in [-0.25, -0.2) is 4.79 Å². The number of esters is 1. The standard InChI is InChI=1S/C13H16NO3/c1-14(6-8-16-9-7-14)12-10-4-2-3-5-11(10)13(15)17-12/h2-5,12H,6-9H2,1H3/q+1. The number of rotatable bonds is 1. The number of hydrogen-bond acceptors (Lipinski definition) is 3. The van der Waals surface area contributed by atoms with E-state index >= 15 is 0 Å². The largest absolute Gasteiger partial charge is 0.404 e. The Bertz CT molecular complexity index is 452. The molecule has 4 nitrogen and oxygen atoms in total. The average molecular weight is 234 g/mol. The van der Waals surface area contributed by atoms with Crippen LogP contribution in [0, 0.1) is 0 Å². The number of hydrogen-bond donors (Lipinski definition) is 0. The van der Waals surface area contributed by atoms with Crippen molar-refractivity contribution in [1.82, 2.24) is 0 Å². The first-order valence-electron chi connectivity index (χ1n) is 5.93. The monoisotopic (exact) mass is 234 g/mol. The molecular formula is C13H16NO3+. The second-order valence-corrected chi connectivity index (χ2v) is 4.88. The van der Waals surface area contributed by atoms with Gasteiger partial charge in [-0.1, -0.05) is 12.1 Å². The highest BCUT2D eigenvalue weighted by Crippen LogP contribution is 2.37. The fraction of sp³-hybridized carbons (Fsp3) is 0.462. The zero-order chi connectivity index (χ0) is 11.9. The number of benzene rings is 1. The van der Waals surface area contributed by atoms with E-state index in [2.05, 4.69) is 7.05 Å². The summed E-state index contributed by atoms with van der Waals surface area (Å²) in [5.41, 5.74) is 1.73. The van der Waals surface area contributed by atoms with E-state index in [0.29, 0.717) is 5.56 Å². The van der Waals surface area contributed by atoms with Crippen LogP contribution in [0.25, 0.3) is 0 Å². The van der Waals surface area contributed by atoms with Gasteiger partial charge in [0.15, 0.2) is 0 Å². The Labute approximate surface area is 100 Å². The van der Waals surface area contributed by atoms with Crippen LogP contribution < -0.4 is 0 Å². The number of quaternary nitrogens is 1. The summed E-state index contributed by atoms with van der Waals surface area (Å²) >= 11 is 0. The van der Waals surface area contributed by atoms with Gasteiger partial charge in [0, 0.05) is 0 Å².